The van der Waals surface area contributed by atoms with E-state index in [1.54, 1.807) is 12.4 Å². The fourth-order valence-corrected chi connectivity index (χ4v) is 2.05. The van der Waals surface area contributed by atoms with Gasteiger partial charge in [-0.15, -0.1) is 0 Å². The Morgan fingerprint density at radius 2 is 1.84 bits per heavy atom. The summed E-state index contributed by atoms with van der Waals surface area (Å²) in [6.07, 6.45) is 5.06. The summed E-state index contributed by atoms with van der Waals surface area (Å²) in [4.78, 5) is 24.0. The predicted octanol–water partition coefficient (Wildman–Crippen LogP) is 1.97. The topological polar surface area (TPSA) is 44.0 Å². The van der Waals surface area contributed by atoms with Gasteiger partial charge in [-0.3, -0.25) is 14.2 Å². The lowest BCUT2D eigenvalue weighted by molar-refractivity contribution is 0.633. The Balaban J connectivity index is 2.54. The van der Waals surface area contributed by atoms with Crippen LogP contribution in [0, 0.1) is 0 Å². The SMILES string of the molecule is CCCn1ccn(-c2cccc(CC)c2)c(=O)c1=O. The molecule has 4 nitrogen and oxygen atoms in total. The van der Waals surface area contributed by atoms with Crippen molar-refractivity contribution >= 4 is 0 Å². The molecule has 0 radical (unpaired) electrons. The molecule has 19 heavy (non-hydrogen) atoms. The Hall–Kier alpha value is -2.10. The van der Waals surface area contributed by atoms with E-state index in [0.717, 1.165) is 24.1 Å². The molecular weight excluding hydrogens is 240 g/mol. The molecular formula is C15H18N2O2. The Bertz CT molecular complexity index is 683. The van der Waals surface area contributed by atoms with Crippen LogP contribution in [0.25, 0.3) is 5.69 Å². The van der Waals surface area contributed by atoms with Crippen LogP contribution >= 0.6 is 0 Å². The van der Waals surface area contributed by atoms with Crippen LogP contribution in [0.4, 0.5) is 0 Å². The summed E-state index contributed by atoms with van der Waals surface area (Å²) in [7, 11) is 0. The summed E-state index contributed by atoms with van der Waals surface area (Å²) in [6, 6.07) is 7.68. The van der Waals surface area contributed by atoms with Crippen molar-refractivity contribution in [3.8, 4) is 5.69 Å². The lowest BCUT2D eigenvalue weighted by Gasteiger charge is -2.09. The van der Waals surface area contributed by atoms with Crippen LogP contribution in [0.15, 0.2) is 46.2 Å². The van der Waals surface area contributed by atoms with Gasteiger partial charge in [-0.1, -0.05) is 26.0 Å². The summed E-state index contributed by atoms with van der Waals surface area (Å²) in [5.74, 6) is 0. The van der Waals surface area contributed by atoms with Crippen LogP contribution in [0.2, 0.25) is 0 Å². The summed E-state index contributed by atoms with van der Waals surface area (Å²) in [5.41, 5.74) is 0.919. The van der Waals surface area contributed by atoms with E-state index >= 15 is 0 Å². The number of benzene rings is 1. The average Bonchev–Trinajstić information content (AvgIpc) is 2.44. The summed E-state index contributed by atoms with van der Waals surface area (Å²) in [6.45, 7) is 4.60. The van der Waals surface area contributed by atoms with E-state index in [1.165, 1.54) is 9.13 Å². The van der Waals surface area contributed by atoms with Crippen molar-refractivity contribution in [3.05, 3.63) is 62.9 Å². The smallest absolute Gasteiger partial charge is 0.309 e. The fraction of sp³-hybridized carbons (Fsp3) is 0.333. The average molecular weight is 258 g/mol. The van der Waals surface area contributed by atoms with E-state index in [2.05, 4.69) is 6.92 Å². The van der Waals surface area contributed by atoms with Gasteiger partial charge in [0.15, 0.2) is 0 Å². The molecule has 0 bridgehead atoms. The number of hydrogen-bond acceptors (Lipinski definition) is 2. The third-order valence-electron chi connectivity index (χ3n) is 3.12. The predicted molar refractivity (Wildman–Crippen MR) is 76.0 cm³/mol. The van der Waals surface area contributed by atoms with E-state index in [9.17, 15) is 9.59 Å². The van der Waals surface area contributed by atoms with Gasteiger partial charge in [-0.05, 0) is 30.5 Å². The van der Waals surface area contributed by atoms with Crippen LogP contribution in [0.1, 0.15) is 25.8 Å². The molecule has 1 aromatic carbocycles. The van der Waals surface area contributed by atoms with Crippen LogP contribution < -0.4 is 11.1 Å². The van der Waals surface area contributed by atoms with Gasteiger partial charge in [-0.2, -0.15) is 0 Å². The third-order valence-corrected chi connectivity index (χ3v) is 3.12. The van der Waals surface area contributed by atoms with Gasteiger partial charge in [0, 0.05) is 24.6 Å². The molecule has 4 heteroatoms. The first kappa shape index (κ1) is 13.3. The maximum absolute atomic E-state index is 12.1. The lowest BCUT2D eigenvalue weighted by atomic mass is 10.1. The van der Waals surface area contributed by atoms with Crippen molar-refractivity contribution < 1.29 is 0 Å². The maximum Gasteiger partial charge on any atom is 0.320 e. The molecule has 0 aliphatic carbocycles. The van der Waals surface area contributed by atoms with E-state index in [-0.39, 0.29) is 0 Å². The van der Waals surface area contributed by atoms with Crippen molar-refractivity contribution in [2.75, 3.05) is 0 Å². The molecule has 0 saturated carbocycles. The van der Waals surface area contributed by atoms with Crippen LogP contribution in [0.5, 0.6) is 0 Å². The van der Waals surface area contributed by atoms with Crippen LogP contribution in [0.3, 0.4) is 0 Å². The van der Waals surface area contributed by atoms with Crippen molar-refractivity contribution in [1.82, 2.24) is 9.13 Å². The van der Waals surface area contributed by atoms with Crippen molar-refractivity contribution in [2.24, 2.45) is 0 Å². The first-order chi connectivity index (χ1) is 9.17. The van der Waals surface area contributed by atoms with Gasteiger partial charge in [-0.25, -0.2) is 0 Å². The number of rotatable bonds is 4. The molecule has 0 aliphatic rings. The van der Waals surface area contributed by atoms with Gasteiger partial charge < -0.3 is 4.57 Å². The molecule has 0 spiro atoms. The van der Waals surface area contributed by atoms with Crippen LogP contribution in [-0.4, -0.2) is 9.13 Å². The molecule has 0 aliphatic heterocycles. The van der Waals surface area contributed by atoms with Gasteiger partial charge in [0.1, 0.15) is 0 Å². The third kappa shape index (κ3) is 2.67. The highest BCUT2D eigenvalue weighted by Crippen LogP contribution is 2.08. The second kappa shape index (κ2) is 5.69. The van der Waals surface area contributed by atoms with E-state index in [1.807, 2.05) is 31.2 Å². The Kier molecular flexibility index (Phi) is 4.00. The second-order valence-electron chi connectivity index (χ2n) is 4.50. The Labute approximate surface area is 111 Å². The van der Waals surface area contributed by atoms with Crippen molar-refractivity contribution in [1.29, 1.82) is 0 Å². The zero-order chi connectivity index (χ0) is 13.8. The van der Waals surface area contributed by atoms with Crippen LogP contribution in [-0.2, 0) is 13.0 Å². The number of aromatic nitrogens is 2. The molecule has 0 unspecified atom stereocenters. The van der Waals surface area contributed by atoms with Gasteiger partial charge in [0.25, 0.3) is 0 Å². The lowest BCUT2D eigenvalue weighted by Crippen LogP contribution is -2.39. The minimum atomic E-state index is -0.496. The highest BCUT2D eigenvalue weighted by Gasteiger charge is 2.06. The van der Waals surface area contributed by atoms with Gasteiger partial charge in [0.2, 0.25) is 0 Å². The monoisotopic (exact) mass is 258 g/mol. The normalized spacial score (nSPS) is 10.6. The second-order valence-corrected chi connectivity index (χ2v) is 4.50. The molecule has 0 fully saturated rings. The highest BCUT2D eigenvalue weighted by atomic mass is 16.2. The Morgan fingerprint density at radius 3 is 2.53 bits per heavy atom. The summed E-state index contributed by atoms with van der Waals surface area (Å²) in [5, 5.41) is 0. The summed E-state index contributed by atoms with van der Waals surface area (Å²) < 4.78 is 2.87. The standard InChI is InChI=1S/C15H18N2O2/c1-3-8-16-9-10-17(15(19)14(16)18)13-7-5-6-12(4-2)11-13/h5-7,9-11H,3-4,8H2,1-2H3. The first-order valence-electron chi connectivity index (χ1n) is 6.58. The molecule has 2 aromatic rings. The maximum atomic E-state index is 12.1. The van der Waals surface area contributed by atoms with Crippen molar-refractivity contribution in [2.45, 2.75) is 33.2 Å². The molecule has 2 rings (SSSR count). The summed E-state index contributed by atoms with van der Waals surface area (Å²) >= 11 is 0. The molecule has 100 valence electrons. The number of aryl methyl sites for hydroxylation is 2. The van der Waals surface area contributed by atoms with E-state index in [4.69, 9.17) is 0 Å². The molecule has 0 atom stereocenters. The fourth-order valence-electron chi connectivity index (χ4n) is 2.05. The van der Waals surface area contributed by atoms with E-state index < -0.39 is 11.1 Å². The Morgan fingerprint density at radius 1 is 1.05 bits per heavy atom. The minimum absolute atomic E-state index is 0.466. The van der Waals surface area contributed by atoms with Gasteiger partial charge in [0.05, 0.1) is 0 Å². The molecule has 0 amide bonds. The number of nitrogens with zero attached hydrogens (tertiary/aromatic N) is 2. The highest BCUT2D eigenvalue weighted by molar-refractivity contribution is 5.35. The molecule has 0 N–H and O–H groups in total. The zero-order valence-corrected chi connectivity index (χ0v) is 11.3. The largest absolute Gasteiger partial charge is 0.320 e. The number of hydrogen-bond donors (Lipinski definition) is 0. The van der Waals surface area contributed by atoms with E-state index in [0.29, 0.717) is 6.54 Å². The van der Waals surface area contributed by atoms with Gasteiger partial charge >= 0.3 is 11.1 Å². The molecule has 0 saturated heterocycles. The minimum Gasteiger partial charge on any atom is -0.309 e. The zero-order valence-electron chi connectivity index (χ0n) is 11.3. The molecule has 1 heterocycles. The van der Waals surface area contributed by atoms with Crippen molar-refractivity contribution in [3.63, 3.8) is 0 Å². The quantitative estimate of drug-likeness (QED) is 0.787. The first-order valence-corrected chi connectivity index (χ1v) is 6.58. The molecule has 1 aromatic heterocycles.